The number of aryl methyl sites for hydroxylation is 1. The molecule has 1 fully saturated rings. The van der Waals surface area contributed by atoms with Crippen molar-refractivity contribution in [3.8, 4) is 22.8 Å². The van der Waals surface area contributed by atoms with Gasteiger partial charge in [-0.05, 0) is 66.1 Å². The van der Waals surface area contributed by atoms with Gasteiger partial charge in [0.1, 0.15) is 0 Å². The molecular weight excluding hydrogens is 362 g/mol. The normalized spacial score (nSPS) is 15.9. The summed E-state index contributed by atoms with van der Waals surface area (Å²) in [5, 5.41) is 4.21. The summed E-state index contributed by atoms with van der Waals surface area (Å²) >= 11 is 0. The second kappa shape index (κ2) is 7.82. The summed E-state index contributed by atoms with van der Waals surface area (Å²) in [7, 11) is 0. The molecule has 29 heavy (non-hydrogen) atoms. The third kappa shape index (κ3) is 3.82. The van der Waals surface area contributed by atoms with E-state index in [0.717, 1.165) is 17.5 Å². The van der Waals surface area contributed by atoms with Crippen LogP contribution in [-0.4, -0.2) is 16.0 Å². The second-order valence-electron chi connectivity index (χ2n) is 8.21. The molecule has 0 saturated heterocycles. The number of amides is 1. The maximum absolute atomic E-state index is 11.2. The van der Waals surface area contributed by atoms with Gasteiger partial charge in [-0.3, -0.25) is 4.79 Å². The van der Waals surface area contributed by atoms with Crippen LogP contribution in [0.4, 0.5) is 0 Å². The van der Waals surface area contributed by atoms with Crippen molar-refractivity contribution in [3.63, 3.8) is 0 Å². The van der Waals surface area contributed by atoms with Crippen LogP contribution in [0.3, 0.4) is 0 Å². The minimum atomic E-state index is -0.456. The third-order valence-electron chi connectivity index (χ3n) is 6.20. The maximum Gasteiger partial charge on any atom is 0.258 e. The Balaban J connectivity index is 1.67. The van der Waals surface area contributed by atoms with Crippen LogP contribution in [0.5, 0.6) is 0 Å². The summed E-state index contributed by atoms with van der Waals surface area (Å²) in [5.41, 5.74) is 10.5. The monoisotopic (exact) mass is 389 g/mol. The van der Waals surface area contributed by atoms with Gasteiger partial charge in [0.25, 0.3) is 5.89 Å². The number of rotatable bonds is 5. The van der Waals surface area contributed by atoms with Crippen molar-refractivity contribution in [1.29, 1.82) is 0 Å². The van der Waals surface area contributed by atoms with Crippen LogP contribution in [0.2, 0.25) is 0 Å². The fraction of sp³-hybridized carbons (Fsp3) is 0.375. The number of nitrogens with zero attached hydrogens (tertiary/aromatic N) is 2. The zero-order valence-corrected chi connectivity index (χ0v) is 17.1. The van der Waals surface area contributed by atoms with Gasteiger partial charge >= 0.3 is 0 Å². The van der Waals surface area contributed by atoms with Gasteiger partial charge in [0.15, 0.2) is 0 Å². The van der Waals surface area contributed by atoms with E-state index in [0.29, 0.717) is 17.3 Å². The first-order valence-electron chi connectivity index (χ1n) is 10.4. The van der Waals surface area contributed by atoms with E-state index in [2.05, 4.69) is 42.2 Å². The second-order valence-corrected chi connectivity index (χ2v) is 8.21. The van der Waals surface area contributed by atoms with Crippen molar-refractivity contribution < 1.29 is 9.32 Å². The SMILES string of the molecule is CCc1ccc(-c2noc(-c3ccc(C(N)=O)cc3)n2)cc1C1(C)CCCCC1. The van der Waals surface area contributed by atoms with Gasteiger partial charge in [-0.15, -0.1) is 0 Å². The highest BCUT2D eigenvalue weighted by molar-refractivity contribution is 5.93. The molecule has 1 aliphatic rings. The van der Waals surface area contributed by atoms with E-state index >= 15 is 0 Å². The quantitative estimate of drug-likeness (QED) is 0.643. The molecule has 150 valence electrons. The zero-order chi connectivity index (χ0) is 20.4. The number of nitrogens with two attached hydrogens (primary N) is 1. The number of hydrogen-bond acceptors (Lipinski definition) is 4. The highest BCUT2D eigenvalue weighted by atomic mass is 16.5. The van der Waals surface area contributed by atoms with Crippen LogP contribution in [0.25, 0.3) is 22.8 Å². The molecule has 2 aromatic carbocycles. The minimum Gasteiger partial charge on any atom is -0.366 e. The van der Waals surface area contributed by atoms with Gasteiger partial charge in [-0.2, -0.15) is 4.98 Å². The Morgan fingerprint density at radius 1 is 1.07 bits per heavy atom. The van der Waals surface area contributed by atoms with E-state index in [1.54, 1.807) is 24.3 Å². The van der Waals surface area contributed by atoms with E-state index in [1.807, 2.05) is 0 Å². The van der Waals surface area contributed by atoms with Crippen molar-refractivity contribution >= 4 is 5.91 Å². The van der Waals surface area contributed by atoms with Crippen molar-refractivity contribution in [3.05, 3.63) is 59.2 Å². The summed E-state index contributed by atoms with van der Waals surface area (Å²) in [6, 6.07) is 13.4. The molecule has 0 spiro atoms. The first kappa shape index (κ1) is 19.4. The van der Waals surface area contributed by atoms with Gasteiger partial charge in [0.2, 0.25) is 11.7 Å². The lowest BCUT2D eigenvalue weighted by atomic mass is 9.69. The van der Waals surface area contributed by atoms with Crippen LogP contribution in [0.1, 0.15) is 67.4 Å². The molecule has 0 aliphatic heterocycles. The van der Waals surface area contributed by atoms with Gasteiger partial charge in [-0.25, -0.2) is 0 Å². The molecule has 0 bridgehead atoms. The zero-order valence-electron chi connectivity index (χ0n) is 17.1. The van der Waals surface area contributed by atoms with Crippen molar-refractivity contribution in [1.82, 2.24) is 10.1 Å². The van der Waals surface area contributed by atoms with Gasteiger partial charge in [-0.1, -0.05) is 50.4 Å². The first-order chi connectivity index (χ1) is 14.0. The minimum absolute atomic E-state index is 0.219. The van der Waals surface area contributed by atoms with E-state index < -0.39 is 5.91 Å². The molecule has 5 heteroatoms. The van der Waals surface area contributed by atoms with Crippen LogP contribution in [0, 0.1) is 0 Å². The summed E-state index contributed by atoms with van der Waals surface area (Å²) in [6.07, 6.45) is 7.39. The van der Waals surface area contributed by atoms with Crippen LogP contribution in [-0.2, 0) is 11.8 Å². The van der Waals surface area contributed by atoms with Crippen molar-refractivity contribution in [2.75, 3.05) is 0 Å². The topological polar surface area (TPSA) is 82.0 Å². The van der Waals surface area contributed by atoms with E-state index in [4.69, 9.17) is 10.3 Å². The molecule has 0 radical (unpaired) electrons. The fourth-order valence-electron chi connectivity index (χ4n) is 4.42. The molecule has 4 rings (SSSR count). The van der Waals surface area contributed by atoms with Gasteiger partial charge in [0.05, 0.1) is 0 Å². The standard InChI is InChI=1S/C24H27N3O2/c1-3-16-7-12-19(15-20(16)24(2)13-5-4-6-14-24)22-26-23(29-27-22)18-10-8-17(9-11-18)21(25)28/h7-12,15H,3-6,13-14H2,1-2H3,(H2,25,28). The molecule has 5 nitrogen and oxygen atoms in total. The number of benzene rings is 2. The van der Waals surface area contributed by atoms with Crippen molar-refractivity contribution in [2.45, 2.75) is 57.8 Å². The van der Waals surface area contributed by atoms with E-state index in [9.17, 15) is 4.79 Å². The number of aromatic nitrogens is 2. The van der Waals surface area contributed by atoms with E-state index in [1.165, 1.54) is 43.2 Å². The largest absolute Gasteiger partial charge is 0.366 e. The predicted octanol–water partition coefficient (Wildman–Crippen LogP) is 5.29. The Hall–Kier alpha value is -2.95. The maximum atomic E-state index is 11.2. The molecule has 0 unspecified atom stereocenters. The molecule has 1 heterocycles. The first-order valence-corrected chi connectivity index (χ1v) is 10.4. The number of primary amides is 1. The van der Waals surface area contributed by atoms with Crippen LogP contribution >= 0.6 is 0 Å². The lowest BCUT2D eigenvalue weighted by molar-refractivity contribution is 0.100. The van der Waals surface area contributed by atoms with Crippen LogP contribution < -0.4 is 5.73 Å². The van der Waals surface area contributed by atoms with Gasteiger partial charge < -0.3 is 10.3 Å². The Bertz CT molecular complexity index is 1010. The summed E-state index contributed by atoms with van der Waals surface area (Å²) in [4.78, 5) is 15.8. The molecule has 1 amide bonds. The molecule has 1 saturated carbocycles. The third-order valence-corrected chi connectivity index (χ3v) is 6.20. The Morgan fingerprint density at radius 2 is 1.76 bits per heavy atom. The van der Waals surface area contributed by atoms with Crippen LogP contribution in [0.15, 0.2) is 47.0 Å². The smallest absolute Gasteiger partial charge is 0.258 e. The van der Waals surface area contributed by atoms with Gasteiger partial charge in [0, 0.05) is 16.7 Å². The Morgan fingerprint density at radius 3 is 2.41 bits per heavy atom. The number of carbonyl (C=O) groups is 1. The molecule has 3 aromatic rings. The Labute approximate surface area is 171 Å². The highest BCUT2D eigenvalue weighted by Gasteiger charge is 2.31. The predicted molar refractivity (Wildman–Crippen MR) is 114 cm³/mol. The van der Waals surface area contributed by atoms with Crippen molar-refractivity contribution in [2.24, 2.45) is 5.73 Å². The average Bonchev–Trinajstić information content (AvgIpc) is 3.24. The fourth-order valence-corrected chi connectivity index (χ4v) is 4.42. The Kier molecular flexibility index (Phi) is 5.22. The lowest BCUT2D eigenvalue weighted by Gasteiger charge is -2.36. The highest BCUT2D eigenvalue weighted by Crippen LogP contribution is 2.41. The summed E-state index contributed by atoms with van der Waals surface area (Å²) < 4.78 is 5.50. The molecule has 1 aliphatic carbocycles. The molecule has 1 aromatic heterocycles. The molecule has 0 atom stereocenters. The molecular formula is C24H27N3O2. The number of hydrogen-bond donors (Lipinski definition) is 1. The lowest BCUT2D eigenvalue weighted by Crippen LogP contribution is -2.26. The van der Waals surface area contributed by atoms with E-state index in [-0.39, 0.29) is 5.41 Å². The average molecular weight is 389 g/mol. The summed E-state index contributed by atoms with van der Waals surface area (Å²) in [6.45, 7) is 4.61. The molecule has 2 N–H and O–H groups in total. The summed E-state index contributed by atoms with van der Waals surface area (Å²) in [5.74, 6) is 0.561. The number of carbonyl (C=O) groups excluding carboxylic acids is 1.